The maximum Gasteiger partial charge on any atom is 0.253 e. The van der Waals surface area contributed by atoms with Crippen molar-refractivity contribution in [3.63, 3.8) is 0 Å². The number of halogens is 4. The largest absolute Gasteiger partial charge is 0.493 e. The second-order valence-electron chi connectivity index (χ2n) is 14.5. The van der Waals surface area contributed by atoms with Gasteiger partial charge < -0.3 is 37.9 Å². The number of nitrogens with zero attached hydrogens (tertiary/aromatic N) is 6. The summed E-state index contributed by atoms with van der Waals surface area (Å²) >= 11 is 0. The summed E-state index contributed by atoms with van der Waals surface area (Å²) in [4.78, 5) is 39.4. The third-order valence-corrected chi connectivity index (χ3v) is 10.2. The summed E-state index contributed by atoms with van der Waals surface area (Å²) in [6.07, 6.45) is -1.23. The number of amides is 2. The first kappa shape index (κ1) is 37.6. The van der Waals surface area contributed by atoms with Crippen molar-refractivity contribution < 1.29 is 46.1 Å². The Morgan fingerprint density at radius 1 is 0.667 bits per heavy atom. The van der Waals surface area contributed by atoms with Gasteiger partial charge in [-0.2, -0.15) is 0 Å². The summed E-state index contributed by atoms with van der Waals surface area (Å²) in [6.45, 7) is 3.98. The predicted octanol–water partition coefficient (Wildman–Crippen LogP) is 7.27. The zero-order chi connectivity index (χ0) is 40.4. The van der Waals surface area contributed by atoms with Gasteiger partial charge in [0.25, 0.3) is 11.8 Å². The highest BCUT2D eigenvalue weighted by Gasteiger charge is 2.32. The lowest BCUT2D eigenvalue weighted by Crippen LogP contribution is -2.23. The quantitative estimate of drug-likeness (QED) is 0.148. The Hall–Kier alpha value is -6.32. The van der Waals surface area contributed by atoms with E-state index in [1.54, 1.807) is 66.3 Å². The highest BCUT2D eigenvalue weighted by molar-refractivity contribution is 6.00. The summed E-state index contributed by atoms with van der Waals surface area (Å²) in [5.74, 6) is -2.24. The van der Waals surface area contributed by atoms with Gasteiger partial charge in [-0.05, 0) is 38.1 Å². The Kier molecular flexibility index (Phi) is 9.44. The highest BCUT2D eigenvalue weighted by atomic mass is 19.1. The Bertz CT molecular complexity index is 2440. The third kappa shape index (κ3) is 6.72. The van der Waals surface area contributed by atoms with Crippen molar-refractivity contribution in [2.24, 2.45) is 0 Å². The van der Waals surface area contributed by atoms with E-state index in [9.17, 15) is 18.4 Å². The molecule has 2 atom stereocenters. The average Bonchev–Trinajstić information content (AvgIpc) is 3.65. The number of hydrogen-bond donors (Lipinski definition) is 0. The predicted molar refractivity (Wildman–Crippen MR) is 200 cm³/mol. The first-order valence-electron chi connectivity index (χ1n) is 18.2. The fraction of sp³-hybridized carbons (Fsp3) is 0.317. The molecule has 2 amide bonds. The van der Waals surface area contributed by atoms with Crippen LogP contribution in [0.15, 0.2) is 48.5 Å². The summed E-state index contributed by atoms with van der Waals surface area (Å²) in [7, 11) is 6.47. The van der Waals surface area contributed by atoms with Gasteiger partial charge in [0.2, 0.25) is 0 Å². The molecule has 4 heterocycles. The van der Waals surface area contributed by atoms with E-state index >= 15 is 8.78 Å². The number of carbonyl (C=O) groups excluding carboxylic acids is 2. The first-order valence-corrected chi connectivity index (χ1v) is 18.2. The zero-order valence-electron chi connectivity index (χ0n) is 32.0. The van der Waals surface area contributed by atoms with Gasteiger partial charge in [-0.15, -0.1) is 0 Å². The molecule has 0 fully saturated rings. The Morgan fingerprint density at radius 3 is 1.46 bits per heavy atom. The number of aromatic nitrogens is 4. The van der Waals surface area contributed by atoms with E-state index in [-0.39, 0.29) is 89.8 Å². The molecule has 57 heavy (non-hydrogen) atoms. The summed E-state index contributed by atoms with van der Waals surface area (Å²) in [6, 6.07) is 10.3. The number of hydrogen-bond acceptors (Lipinski definition) is 8. The number of aryl methyl sites for hydroxylation is 2. The van der Waals surface area contributed by atoms with Crippen molar-refractivity contribution >= 4 is 33.9 Å². The van der Waals surface area contributed by atoms with Gasteiger partial charge in [-0.25, -0.2) is 27.5 Å². The van der Waals surface area contributed by atoms with E-state index in [1.165, 1.54) is 9.80 Å². The molecule has 16 heteroatoms. The summed E-state index contributed by atoms with van der Waals surface area (Å²) in [5.41, 5.74) is 2.51. The fourth-order valence-corrected chi connectivity index (χ4v) is 7.43. The van der Waals surface area contributed by atoms with Crippen LogP contribution in [0.1, 0.15) is 68.5 Å². The van der Waals surface area contributed by atoms with Gasteiger partial charge >= 0.3 is 0 Å². The Balaban J connectivity index is 1.24. The smallest absolute Gasteiger partial charge is 0.253 e. The van der Waals surface area contributed by atoms with Gasteiger partial charge in [0, 0.05) is 76.4 Å². The molecule has 4 aromatic carbocycles. The maximum atomic E-state index is 15.2. The number of rotatable bonds is 8. The van der Waals surface area contributed by atoms with Crippen molar-refractivity contribution in [2.45, 2.75) is 45.6 Å². The molecule has 2 aliphatic rings. The van der Waals surface area contributed by atoms with Crippen molar-refractivity contribution in [3.8, 4) is 23.0 Å². The lowest BCUT2D eigenvalue weighted by molar-refractivity contribution is 0.0819. The molecule has 6 aromatic rings. The molecule has 296 valence electrons. The van der Waals surface area contributed by atoms with Gasteiger partial charge in [0.15, 0.2) is 0 Å². The number of carbonyl (C=O) groups is 2. The van der Waals surface area contributed by atoms with Gasteiger partial charge in [-0.1, -0.05) is 0 Å². The number of ether oxygens (including phenoxy) is 4. The van der Waals surface area contributed by atoms with Gasteiger partial charge in [0.1, 0.15) is 87.8 Å². The minimum absolute atomic E-state index is 0.0419. The van der Waals surface area contributed by atoms with Crippen LogP contribution in [0, 0.1) is 37.1 Å². The summed E-state index contributed by atoms with van der Waals surface area (Å²) < 4.78 is 86.3. The van der Waals surface area contributed by atoms with Crippen molar-refractivity contribution in [3.05, 3.63) is 106 Å². The zero-order valence-corrected chi connectivity index (χ0v) is 32.0. The first-order chi connectivity index (χ1) is 27.2. The van der Waals surface area contributed by atoms with Crippen molar-refractivity contribution in [2.75, 3.05) is 41.4 Å². The standard InChI is InChI=1S/C41H38F4N6O6/c1-20-46-38-28(11-22(40(52)48(3)4)13-34(38)56-30-7-9-54-32-17-24(42)15-26(44)36(30)32)50(20)19-51-21(2)47-39-29(51)12-23(41(53)49(5)6)14-35(39)57-31-8-10-55-33-18-25(43)16-27(45)37(31)33/h11-18,30-31H,7-10,19H2,1-6H3/t30-,31-/m0/s1. The molecule has 0 N–H and O–H groups in total. The third-order valence-electron chi connectivity index (χ3n) is 10.2. The van der Waals surface area contributed by atoms with Crippen LogP contribution < -0.4 is 18.9 Å². The molecule has 2 aromatic heterocycles. The van der Waals surface area contributed by atoms with Crippen LogP contribution in [0.25, 0.3) is 22.1 Å². The average molecular weight is 787 g/mol. The van der Waals surface area contributed by atoms with Crippen LogP contribution in [0.4, 0.5) is 17.6 Å². The Labute approximate surface area is 324 Å². The molecular formula is C41H38F4N6O6. The molecule has 0 spiro atoms. The van der Waals surface area contributed by atoms with Crippen molar-refractivity contribution in [1.82, 2.24) is 28.9 Å². The van der Waals surface area contributed by atoms with Crippen LogP contribution in [-0.2, 0) is 6.67 Å². The molecule has 0 saturated heterocycles. The highest BCUT2D eigenvalue weighted by Crippen LogP contribution is 2.42. The summed E-state index contributed by atoms with van der Waals surface area (Å²) in [5, 5.41) is 0. The number of fused-ring (bicyclic) bond motifs is 4. The molecule has 12 nitrogen and oxygen atoms in total. The van der Waals surface area contributed by atoms with Crippen LogP contribution in [0.3, 0.4) is 0 Å². The van der Waals surface area contributed by atoms with E-state index in [0.29, 0.717) is 33.7 Å². The molecular weight excluding hydrogens is 748 g/mol. The molecule has 0 radical (unpaired) electrons. The lowest BCUT2D eigenvalue weighted by atomic mass is 10.0. The van der Waals surface area contributed by atoms with Crippen LogP contribution >= 0.6 is 0 Å². The fourth-order valence-electron chi connectivity index (χ4n) is 7.43. The van der Waals surface area contributed by atoms with Crippen LogP contribution in [0.5, 0.6) is 23.0 Å². The van der Waals surface area contributed by atoms with Crippen LogP contribution in [-0.4, -0.2) is 82.1 Å². The Morgan fingerprint density at radius 2 is 1.07 bits per heavy atom. The number of imidazole rings is 2. The number of benzene rings is 4. The minimum Gasteiger partial charge on any atom is -0.493 e. The van der Waals surface area contributed by atoms with Gasteiger partial charge in [0.05, 0.1) is 35.4 Å². The molecule has 0 unspecified atom stereocenters. The van der Waals surface area contributed by atoms with Crippen LogP contribution in [0.2, 0.25) is 0 Å². The SMILES string of the molecule is Cc1nc2c(O[C@H]3CCOc4cc(F)cc(F)c43)cc(C(=O)N(C)C)cc2n1Cn1c(C)nc2c(O[C@H]3CCOc4cc(F)cc(F)c43)cc(C(=O)N(C)C)cc21. The molecule has 0 saturated carbocycles. The molecule has 0 bridgehead atoms. The molecule has 8 rings (SSSR count). The topological polar surface area (TPSA) is 113 Å². The lowest BCUT2D eigenvalue weighted by Gasteiger charge is -2.27. The van der Waals surface area contributed by atoms with E-state index < -0.39 is 35.5 Å². The maximum absolute atomic E-state index is 15.2. The molecule has 0 aliphatic carbocycles. The van der Waals surface area contributed by atoms with Crippen molar-refractivity contribution in [1.29, 1.82) is 0 Å². The minimum atomic E-state index is -0.867. The van der Waals surface area contributed by atoms with E-state index in [2.05, 4.69) is 0 Å². The van der Waals surface area contributed by atoms with E-state index in [1.807, 2.05) is 9.13 Å². The monoisotopic (exact) mass is 786 g/mol. The normalized spacial score (nSPS) is 16.1. The molecule has 2 aliphatic heterocycles. The second kappa shape index (κ2) is 14.3. The van der Waals surface area contributed by atoms with E-state index in [0.717, 1.165) is 24.3 Å². The van der Waals surface area contributed by atoms with E-state index in [4.69, 9.17) is 28.9 Å². The second-order valence-corrected chi connectivity index (χ2v) is 14.5. The van der Waals surface area contributed by atoms with Gasteiger partial charge in [-0.3, -0.25) is 9.59 Å².